The van der Waals surface area contributed by atoms with Gasteiger partial charge in [0.15, 0.2) is 0 Å². The van der Waals surface area contributed by atoms with Gasteiger partial charge in [-0.05, 0) is 36.8 Å². The Bertz CT molecular complexity index is 1260. The lowest BCUT2D eigenvalue weighted by atomic mass is 10.00. The maximum Gasteiger partial charge on any atom is 0.246 e. The zero-order valence-corrected chi connectivity index (χ0v) is 24.3. The number of rotatable bonds is 11. The van der Waals surface area contributed by atoms with E-state index < -0.39 is 41.9 Å². The average Bonchev–Trinajstić information content (AvgIpc) is 3.51. The Morgan fingerprint density at radius 1 is 0.744 bits per heavy atom. The molecular weight excluding hydrogens is 550 g/mol. The van der Waals surface area contributed by atoms with E-state index in [1.165, 1.54) is 4.90 Å². The van der Waals surface area contributed by atoms with E-state index in [-0.39, 0.29) is 31.1 Å². The highest BCUT2D eigenvalue weighted by Gasteiger charge is 2.40. The fraction of sp³-hybridized carbons (Fsp3) is 0.469. The molecule has 43 heavy (non-hydrogen) atoms. The van der Waals surface area contributed by atoms with Crippen LogP contribution in [0.2, 0.25) is 0 Å². The van der Waals surface area contributed by atoms with Gasteiger partial charge in [-0.15, -0.1) is 0 Å². The average molecular weight is 592 g/mol. The monoisotopic (exact) mass is 591 g/mol. The van der Waals surface area contributed by atoms with Crippen LogP contribution in [0, 0.1) is 0 Å². The van der Waals surface area contributed by atoms with Crippen LogP contribution in [-0.4, -0.2) is 70.4 Å². The van der Waals surface area contributed by atoms with Crippen LogP contribution in [0.1, 0.15) is 62.5 Å². The number of carbonyl (C=O) groups excluding carboxylic acids is 5. The zero-order valence-electron chi connectivity index (χ0n) is 24.3. The molecule has 2 aromatic carbocycles. The SMILES string of the molecule is O=C(CCCCCC[C@@H]1NC(=O)[C@H]2CCCN2C(=O)[C@H](Cc2ccccc2)NC(=O)[C@H](Cc2ccccc2)NC1=O)NO. The zero-order chi connectivity index (χ0) is 30.6. The van der Waals surface area contributed by atoms with E-state index >= 15 is 0 Å². The first-order valence-corrected chi connectivity index (χ1v) is 15.1. The van der Waals surface area contributed by atoms with Crippen molar-refractivity contribution in [2.75, 3.05) is 6.54 Å². The van der Waals surface area contributed by atoms with E-state index in [1.54, 1.807) is 5.48 Å². The summed E-state index contributed by atoms with van der Waals surface area (Å²) in [6.45, 7) is 0.393. The summed E-state index contributed by atoms with van der Waals surface area (Å²) >= 11 is 0. The van der Waals surface area contributed by atoms with E-state index in [4.69, 9.17) is 5.21 Å². The fourth-order valence-corrected chi connectivity index (χ4v) is 5.74. The summed E-state index contributed by atoms with van der Waals surface area (Å²) in [5, 5.41) is 17.3. The summed E-state index contributed by atoms with van der Waals surface area (Å²) < 4.78 is 0. The number of hydrogen-bond acceptors (Lipinski definition) is 6. The van der Waals surface area contributed by atoms with Crippen LogP contribution in [0.4, 0.5) is 0 Å². The van der Waals surface area contributed by atoms with Gasteiger partial charge in [0.2, 0.25) is 29.5 Å². The first-order valence-electron chi connectivity index (χ1n) is 15.1. The van der Waals surface area contributed by atoms with Crippen LogP contribution < -0.4 is 21.4 Å². The maximum absolute atomic E-state index is 13.9. The molecule has 0 spiro atoms. The topological polar surface area (TPSA) is 157 Å². The summed E-state index contributed by atoms with van der Waals surface area (Å²) in [5.41, 5.74) is 3.32. The van der Waals surface area contributed by atoms with Crippen molar-refractivity contribution in [2.24, 2.45) is 0 Å². The van der Waals surface area contributed by atoms with Crippen LogP contribution >= 0.6 is 0 Å². The number of hydroxylamine groups is 1. The van der Waals surface area contributed by atoms with Gasteiger partial charge in [-0.3, -0.25) is 29.2 Å². The highest BCUT2D eigenvalue weighted by Crippen LogP contribution is 2.21. The highest BCUT2D eigenvalue weighted by atomic mass is 16.5. The van der Waals surface area contributed by atoms with Crippen molar-refractivity contribution in [1.29, 1.82) is 0 Å². The minimum Gasteiger partial charge on any atom is -0.343 e. The van der Waals surface area contributed by atoms with Crippen molar-refractivity contribution in [3.63, 3.8) is 0 Å². The smallest absolute Gasteiger partial charge is 0.246 e. The first kappa shape index (κ1) is 31.7. The molecule has 230 valence electrons. The second-order valence-electron chi connectivity index (χ2n) is 11.2. The molecule has 4 atom stereocenters. The largest absolute Gasteiger partial charge is 0.343 e. The van der Waals surface area contributed by atoms with Crippen LogP contribution in [-0.2, 0) is 36.8 Å². The minimum atomic E-state index is -0.967. The number of nitrogens with one attached hydrogen (secondary N) is 4. The lowest BCUT2D eigenvalue weighted by molar-refractivity contribution is -0.143. The highest BCUT2D eigenvalue weighted by molar-refractivity contribution is 5.98. The number of nitrogens with zero attached hydrogens (tertiary/aromatic N) is 1. The Labute approximate surface area is 251 Å². The summed E-state index contributed by atoms with van der Waals surface area (Å²) in [6.07, 6.45) is 4.72. The molecule has 5 N–H and O–H groups in total. The summed E-state index contributed by atoms with van der Waals surface area (Å²) in [7, 11) is 0. The number of hydrogen-bond donors (Lipinski definition) is 5. The summed E-state index contributed by atoms with van der Waals surface area (Å²) in [4.78, 5) is 67.6. The Kier molecular flexibility index (Phi) is 11.7. The molecule has 2 aliphatic heterocycles. The van der Waals surface area contributed by atoms with E-state index in [9.17, 15) is 24.0 Å². The van der Waals surface area contributed by atoms with Gasteiger partial charge in [-0.25, -0.2) is 5.48 Å². The van der Waals surface area contributed by atoms with Gasteiger partial charge >= 0.3 is 0 Å². The van der Waals surface area contributed by atoms with Crippen molar-refractivity contribution in [1.82, 2.24) is 26.3 Å². The number of unbranched alkanes of at least 4 members (excludes halogenated alkanes) is 3. The molecule has 0 bridgehead atoms. The van der Waals surface area contributed by atoms with Crippen LogP contribution in [0.5, 0.6) is 0 Å². The van der Waals surface area contributed by atoms with Crippen LogP contribution in [0.3, 0.4) is 0 Å². The van der Waals surface area contributed by atoms with Crippen molar-refractivity contribution in [3.05, 3.63) is 71.8 Å². The molecule has 2 fully saturated rings. The molecule has 11 nitrogen and oxygen atoms in total. The van der Waals surface area contributed by atoms with Gasteiger partial charge in [0.1, 0.15) is 24.2 Å². The molecule has 2 saturated heterocycles. The van der Waals surface area contributed by atoms with E-state index in [1.807, 2.05) is 60.7 Å². The molecule has 0 saturated carbocycles. The second kappa shape index (κ2) is 15.8. The van der Waals surface area contributed by atoms with Crippen molar-refractivity contribution in [2.45, 2.75) is 88.4 Å². The molecule has 4 rings (SSSR count). The Morgan fingerprint density at radius 2 is 1.30 bits per heavy atom. The van der Waals surface area contributed by atoms with Gasteiger partial charge < -0.3 is 20.9 Å². The summed E-state index contributed by atoms with van der Waals surface area (Å²) in [5.74, 6) is -2.06. The van der Waals surface area contributed by atoms with Crippen LogP contribution in [0.25, 0.3) is 0 Å². The van der Waals surface area contributed by atoms with Crippen molar-refractivity contribution in [3.8, 4) is 0 Å². The number of fused-ring (bicyclic) bond motifs is 1. The Balaban J connectivity index is 1.56. The third-order valence-electron chi connectivity index (χ3n) is 8.06. The Hall–Kier alpha value is -4.25. The van der Waals surface area contributed by atoms with Gasteiger partial charge in [0, 0.05) is 25.8 Å². The number of benzene rings is 2. The first-order chi connectivity index (χ1) is 20.9. The molecule has 2 heterocycles. The third kappa shape index (κ3) is 9.12. The van der Waals surface area contributed by atoms with E-state index in [0.717, 1.165) is 11.1 Å². The van der Waals surface area contributed by atoms with Crippen molar-refractivity contribution >= 4 is 29.5 Å². The molecule has 0 aliphatic carbocycles. The maximum atomic E-state index is 13.9. The lowest BCUT2D eigenvalue weighted by Gasteiger charge is -2.32. The molecule has 11 heteroatoms. The van der Waals surface area contributed by atoms with E-state index in [0.29, 0.717) is 51.5 Å². The number of carbonyl (C=O) groups is 5. The predicted molar refractivity (Wildman–Crippen MR) is 158 cm³/mol. The quantitative estimate of drug-likeness (QED) is 0.152. The standard InChI is InChI=1S/C32H41N5O6/c38-28(36-43)18-10-2-1-9-16-24-29(39)34-25(20-22-12-5-3-6-13-22)30(40)35-26(21-23-14-7-4-8-15-23)32(42)37-19-11-17-27(37)31(41)33-24/h3-8,12-15,24-27,43H,1-2,9-11,16-21H2,(H,33,41)(H,34,39)(H,35,40)(H,36,38)/t24-,25-,26-,27+/m0/s1. The van der Waals surface area contributed by atoms with Gasteiger partial charge in [-0.1, -0.05) is 79.9 Å². The third-order valence-corrected chi connectivity index (χ3v) is 8.06. The fourth-order valence-electron chi connectivity index (χ4n) is 5.74. The normalized spacial score (nSPS) is 22.9. The molecule has 0 aromatic heterocycles. The van der Waals surface area contributed by atoms with Gasteiger partial charge in [-0.2, -0.15) is 0 Å². The summed E-state index contributed by atoms with van der Waals surface area (Å²) in [6, 6.07) is 15.2. The predicted octanol–water partition coefficient (Wildman–Crippen LogP) is 1.78. The molecular formula is C32H41N5O6. The second-order valence-corrected chi connectivity index (χ2v) is 11.2. The molecule has 0 unspecified atom stereocenters. The van der Waals surface area contributed by atoms with Gasteiger partial charge in [0.25, 0.3) is 0 Å². The molecule has 2 aromatic rings. The minimum absolute atomic E-state index is 0.199. The molecule has 2 aliphatic rings. The Morgan fingerprint density at radius 3 is 1.95 bits per heavy atom. The molecule has 0 radical (unpaired) electrons. The molecule has 5 amide bonds. The number of amides is 5. The van der Waals surface area contributed by atoms with Gasteiger partial charge in [0.05, 0.1) is 0 Å². The van der Waals surface area contributed by atoms with Crippen molar-refractivity contribution < 1.29 is 29.2 Å². The van der Waals surface area contributed by atoms with Crippen LogP contribution in [0.15, 0.2) is 60.7 Å². The van der Waals surface area contributed by atoms with E-state index in [2.05, 4.69) is 16.0 Å². The lowest BCUT2D eigenvalue weighted by Crippen LogP contribution is -2.61.